The second kappa shape index (κ2) is 7.09. The van der Waals surface area contributed by atoms with Crippen LogP contribution in [0.25, 0.3) is 0 Å². The summed E-state index contributed by atoms with van der Waals surface area (Å²) >= 11 is 1.64. The summed E-state index contributed by atoms with van der Waals surface area (Å²) in [6.45, 7) is 5.30. The molecule has 2 atom stereocenters. The third kappa shape index (κ3) is 3.73. The molecular formula is C15H22N2O2S. The van der Waals surface area contributed by atoms with Crippen LogP contribution in [0, 0.1) is 5.92 Å². The minimum atomic E-state index is -0.353. The van der Waals surface area contributed by atoms with E-state index in [2.05, 4.69) is 11.9 Å². The van der Waals surface area contributed by atoms with Gasteiger partial charge in [0.25, 0.3) is 5.91 Å². The molecule has 1 saturated heterocycles. The molecule has 1 aliphatic heterocycles. The van der Waals surface area contributed by atoms with Gasteiger partial charge in [0.05, 0.1) is 11.1 Å². The Morgan fingerprint density at radius 2 is 2.45 bits per heavy atom. The van der Waals surface area contributed by atoms with Crippen LogP contribution >= 0.6 is 11.8 Å². The van der Waals surface area contributed by atoms with E-state index in [1.54, 1.807) is 30.9 Å². The van der Waals surface area contributed by atoms with Crippen LogP contribution in [0.15, 0.2) is 23.4 Å². The fourth-order valence-corrected chi connectivity index (χ4v) is 3.18. The number of hydrogen-bond acceptors (Lipinski definition) is 4. The zero-order valence-corrected chi connectivity index (χ0v) is 12.9. The molecule has 1 aliphatic rings. The maximum Gasteiger partial charge on any atom is 0.254 e. The molecule has 1 aromatic heterocycles. The van der Waals surface area contributed by atoms with Crippen molar-refractivity contribution < 1.29 is 9.90 Å². The summed E-state index contributed by atoms with van der Waals surface area (Å²) in [7, 11) is 0. The molecule has 110 valence electrons. The lowest BCUT2D eigenvalue weighted by molar-refractivity contribution is 0.0465. The van der Waals surface area contributed by atoms with Gasteiger partial charge in [0.2, 0.25) is 0 Å². The van der Waals surface area contributed by atoms with Crippen molar-refractivity contribution in [3.63, 3.8) is 0 Å². The second-order valence-corrected chi connectivity index (χ2v) is 6.49. The Labute approximate surface area is 124 Å². The number of amides is 1. The molecule has 0 aromatic carbocycles. The van der Waals surface area contributed by atoms with E-state index in [1.807, 2.05) is 11.0 Å². The van der Waals surface area contributed by atoms with E-state index in [0.717, 1.165) is 30.2 Å². The Bertz CT molecular complexity index is 465. The highest BCUT2D eigenvalue weighted by atomic mass is 32.2. The van der Waals surface area contributed by atoms with E-state index in [-0.39, 0.29) is 17.9 Å². The number of rotatable bonds is 4. The molecule has 1 N–H and O–H groups in total. The third-order valence-corrected chi connectivity index (χ3v) is 4.51. The zero-order valence-electron chi connectivity index (χ0n) is 12.1. The molecule has 1 aromatic rings. The lowest BCUT2D eigenvalue weighted by Gasteiger charge is -2.34. The van der Waals surface area contributed by atoms with Gasteiger partial charge in [-0.3, -0.25) is 4.79 Å². The van der Waals surface area contributed by atoms with Crippen LogP contribution in [0.1, 0.15) is 37.0 Å². The minimum absolute atomic E-state index is 0.0516. The molecule has 0 saturated carbocycles. The number of aliphatic hydroxyl groups is 1. The van der Waals surface area contributed by atoms with E-state index in [1.165, 1.54) is 0 Å². The quantitative estimate of drug-likeness (QED) is 0.867. The predicted octanol–water partition coefficient (Wildman–Crippen LogP) is 2.43. The normalized spacial score (nSPS) is 20.8. The second-order valence-electron chi connectivity index (χ2n) is 5.21. The lowest BCUT2D eigenvalue weighted by atomic mass is 9.93. The molecule has 5 heteroatoms. The molecular weight excluding hydrogens is 272 g/mol. The molecule has 0 spiro atoms. The summed E-state index contributed by atoms with van der Waals surface area (Å²) in [6, 6.07) is 3.64. The van der Waals surface area contributed by atoms with Crippen molar-refractivity contribution in [3.05, 3.63) is 23.9 Å². The molecule has 0 radical (unpaired) electrons. The van der Waals surface area contributed by atoms with E-state index in [9.17, 15) is 9.90 Å². The smallest absolute Gasteiger partial charge is 0.254 e. The van der Waals surface area contributed by atoms with Crippen LogP contribution in [-0.2, 0) is 0 Å². The van der Waals surface area contributed by atoms with Crippen molar-refractivity contribution in [2.24, 2.45) is 5.92 Å². The van der Waals surface area contributed by atoms with Gasteiger partial charge in [0.15, 0.2) is 0 Å². The summed E-state index contributed by atoms with van der Waals surface area (Å²) in [4.78, 5) is 18.6. The molecule has 2 rings (SSSR count). The number of carbonyl (C=O) groups is 1. The molecule has 1 fully saturated rings. The Morgan fingerprint density at radius 3 is 3.15 bits per heavy atom. The SMILES string of the molecule is CCSc1cc(C(=O)N2CCCC(C(C)O)C2)ccn1. The van der Waals surface area contributed by atoms with Crippen molar-refractivity contribution >= 4 is 17.7 Å². The van der Waals surface area contributed by atoms with Crippen molar-refractivity contribution in [3.8, 4) is 0 Å². The Balaban J connectivity index is 2.08. The third-order valence-electron chi connectivity index (χ3n) is 3.70. The van der Waals surface area contributed by atoms with E-state index in [4.69, 9.17) is 0 Å². The van der Waals surface area contributed by atoms with Crippen molar-refractivity contribution in [2.75, 3.05) is 18.8 Å². The molecule has 1 amide bonds. The minimum Gasteiger partial charge on any atom is -0.393 e. The van der Waals surface area contributed by atoms with Gasteiger partial charge in [-0.1, -0.05) is 6.92 Å². The highest BCUT2D eigenvalue weighted by molar-refractivity contribution is 7.99. The first-order valence-electron chi connectivity index (χ1n) is 7.18. The molecule has 2 heterocycles. The van der Waals surface area contributed by atoms with Crippen molar-refractivity contribution in [2.45, 2.75) is 37.8 Å². The van der Waals surface area contributed by atoms with E-state index < -0.39 is 0 Å². The van der Waals surface area contributed by atoms with Gasteiger partial charge in [0.1, 0.15) is 0 Å². The summed E-state index contributed by atoms with van der Waals surface area (Å²) < 4.78 is 0. The largest absolute Gasteiger partial charge is 0.393 e. The van der Waals surface area contributed by atoms with Crippen LogP contribution in [0.3, 0.4) is 0 Å². The number of aromatic nitrogens is 1. The highest BCUT2D eigenvalue weighted by Gasteiger charge is 2.27. The lowest BCUT2D eigenvalue weighted by Crippen LogP contribution is -2.42. The first kappa shape index (κ1) is 15.3. The van der Waals surface area contributed by atoms with Crippen molar-refractivity contribution in [1.29, 1.82) is 0 Å². The maximum absolute atomic E-state index is 12.5. The standard InChI is InChI=1S/C15H22N2O2S/c1-3-20-14-9-12(6-7-16-14)15(19)17-8-4-5-13(10-17)11(2)18/h6-7,9,11,13,18H,3-5,8,10H2,1-2H3. The summed E-state index contributed by atoms with van der Waals surface area (Å²) in [5.41, 5.74) is 0.696. The zero-order chi connectivity index (χ0) is 14.5. The van der Waals surface area contributed by atoms with Crippen molar-refractivity contribution in [1.82, 2.24) is 9.88 Å². The number of hydrogen-bond donors (Lipinski definition) is 1. The first-order valence-corrected chi connectivity index (χ1v) is 8.16. The fraction of sp³-hybridized carbons (Fsp3) is 0.600. The summed E-state index contributed by atoms with van der Waals surface area (Å²) in [6.07, 6.45) is 3.30. The van der Waals surface area contributed by atoms with Gasteiger partial charge in [-0.25, -0.2) is 4.98 Å². The molecule has 0 aliphatic carbocycles. The van der Waals surface area contributed by atoms with Gasteiger partial charge in [-0.05, 0) is 37.7 Å². The van der Waals surface area contributed by atoms with Gasteiger partial charge in [-0.15, -0.1) is 11.8 Å². The predicted molar refractivity (Wildman–Crippen MR) is 80.9 cm³/mol. The monoisotopic (exact) mass is 294 g/mol. The number of nitrogens with zero attached hydrogens (tertiary/aromatic N) is 2. The van der Waals surface area contributed by atoms with Gasteiger partial charge in [0, 0.05) is 30.8 Å². The number of piperidine rings is 1. The van der Waals surface area contributed by atoms with Gasteiger partial charge in [-0.2, -0.15) is 0 Å². The van der Waals surface area contributed by atoms with Gasteiger partial charge >= 0.3 is 0 Å². The summed E-state index contributed by atoms with van der Waals surface area (Å²) in [5, 5.41) is 10.6. The molecule has 20 heavy (non-hydrogen) atoms. The Hall–Kier alpha value is -1.07. The van der Waals surface area contributed by atoms with Crippen LogP contribution in [0.2, 0.25) is 0 Å². The number of aliphatic hydroxyl groups excluding tert-OH is 1. The molecule has 4 nitrogen and oxygen atoms in total. The first-order chi connectivity index (χ1) is 9.61. The van der Waals surface area contributed by atoms with Crippen LogP contribution in [0.5, 0.6) is 0 Å². The number of carbonyl (C=O) groups excluding carboxylic acids is 1. The number of thioether (sulfide) groups is 1. The average molecular weight is 294 g/mol. The van der Waals surface area contributed by atoms with Gasteiger partial charge < -0.3 is 10.0 Å². The van der Waals surface area contributed by atoms with Crippen LogP contribution < -0.4 is 0 Å². The number of pyridine rings is 1. The molecule has 2 unspecified atom stereocenters. The van der Waals surface area contributed by atoms with E-state index >= 15 is 0 Å². The fourth-order valence-electron chi connectivity index (χ4n) is 2.54. The number of likely N-dealkylation sites (tertiary alicyclic amines) is 1. The highest BCUT2D eigenvalue weighted by Crippen LogP contribution is 2.22. The average Bonchev–Trinajstić information content (AvgIpc) is 2.47. The Kier molecular flexibility index (Phi) is 5.43. The molecule has 0 bridgehead atoms. The maximum atomic E-state index is 12.5. The Morgan fingerprint density at radius 1 is 1.65 bits per heavy atom. The van der Waals surface area contributed by atoms with E-state index in [0.29, 0.717) is 12.1 Å². The van der Waals surface area contributed by atoms with Crippen LogP contribution in [0.4, 0.5) is 0 Å². The van der Waals surface area contributed by atoms with Crippen LogP contribution in [-0.4, -0.2) is 45.8 Å². The topological polar surface area (TPSA) is 53.4 Å². The summed E-state index contributed by atoms with van der Waals surface area (Å²) in [5.74, 6) is 1.19.